The van der Waals surface area contributed by atoms with Gasteiger partial charge in [0.2, 0.25) is 0 Å². The zero-order valence-corrected chi connectivity index (χ0v) is 5.53. The third-order valence-electron chi connectivity index (χ3n) is 0. The van der Waals surface area contributed by atoms with E-state index in [9.17, 15) is 0 Å². The maximum atomic E-state index is 0. The normalized spacial score (nSPS) is 0. The average molecular weight is 198 g/mol. The van der Waals surface area contributed by atoms with E-state index in [0.717, 1.165) is 0 Å². The summed E-state index contributed by atoms with van der Waals surface area (Å²) in [6, 6.07) is 0. The Morgan fingerprint density at radius 2 is 0.600 bits per heavy atom. The van der Waals surface area contributed by atoms with Gasteiger partial charge in [-0.1, -0.05) is 0 Å². The largest absolute Gasteiger partial charge is 2.00 e. The van der Waals surface area contributed by atoms with Gasteiger partial charge in [0.1, 0.15) is 0 Å². The Kier molecular flexibility index (Phi) is 894. The molecule has 0 saturated carbocycles. The molecule has 0 unspecified atom stereocenters. The molecule has 0 fully saturated rings. The van der Waals surface area contributed by atoms with Crippen molar-refractivity contribution in [2.24, 2.45) is 0 Å². The number of hydrogen-bond acceptors (Lipinski definition) is 1. The van der Waals surface area contributed by atoms with Crippen molar-refractivity contribution >= 4 is 0 Å². The van der Waals surface area contributed by atoms with E-state index in [1.54, 1.807) is 0 Å². The van der Waals surface area contributed by atoms with Gasteiger partial charge in [0.25, 0.3) is 0 Å². The van der Waals surface area contributed by atoms with Crippen molar-refractivity contribution in [3.63, 3.8) is 0 Å². The van der Waals surface area contributed by atoms with Gasteiger partial charge in [0.15, 0.2) is 0 Å². The van der Waals surface area contributed by atoms with Crippen LogP contribution < -0.4 is 0 Å². The van der Waals surface area contributed by atoms with Crippen LogP contribution in [0.15, 0.2) is 0 Å². The molecule has 0 rings (SSSR count). The standard InChI is InChI=1S/3Mn.H2O.O/h;;;1H2;/q3*+2;;-2/p-1. The maximum Gasteiger partial charge on any atom is 2.00 e. The van der Waals surface area contributed by atoms with E-state index in [1.807, 2.05) is 0 Å². The molecule has 31 valence electrons. The molecule has 5 heteroatoms. The van der Waals surface area contributed by atoms with Crippen LogP contribution >= 0.6 is 0 Å². The van der Waals surface area contributed by atoms with Gasteiger partial charge in [-0.3, -0.25) is 0 Å². The monoisotopic (exact) mass is 198 g/mol. The van der Waals surface area contributed by atoms with Gasteiger partial charge in [0.05, 0.1) is 0 Å². The fraction of sp³-hybridized carbons (Fsp3) is 0. The Labute approximate surface area is 62.1 Å². The smallest absolute Gasteiger partial charge is 2.00 e. The Morgan fingerprint density at radius 1 is 0.600 bits per heavy atom. The fourth-order valence-corrected chi connectivity index (χ4v) is 0. The Balaban J connectivity index is 0. The van der Waals surface area contributed by atoms with Crippen molar-refractivity contribution in [1.29, 1.82) is 0 Å². The van der Waals surface area contributed by atoms with Crippen LogP contribution in [-0.4, -0.2) is 5.48 Å². The first kappa shape index (κ1) is 89.0. The third kappa shape index (κ3) is 30.3. The van der Waals surface area contributed by atoms with Crippen molar-refractivity contribution in [3.05, 3.63) is 0 Å². The van der Waals surface area contributed by atoms with Crippen LogP contribution in [0.3, 0.4) is 0 Å². The Hall–Kier alpha value is 1.48. The molecule has 0 bridgehead atoms. The molecule has 0 saturated heterocycles. The topological polar surface area (TPSA) is 58.5 Å². The average Bonchev–Trinajstić information content (AvgIpc) is 0. The first-order chi connectivity index (χ1) is 0. The summed E-state index contributed by atoms with van der Waals surface area (Å²) in [7, 11) is 0. The summed E-state index contributed by atoms with van der Waals surface area (Å²) in [5, 5.41) is 0. The predicted octanol–water partition coefficient (Wildman–Crippen LogP) is -0.303. The van der Waals surface area contributed by atoms with Crippen LogP contribution in [0, 0.1) is 0 Å². The minimum absolute atomic E-state index is 0. The van der Waals surface area contributed by atoms with E-state index >= 15 is 0 Å². The molecule has 0 heterocycles. The van der Waals surface area contributed by atoms with E-state index in [2.05, 4.69) is 0 Å². The number of hydrogen-bond donors (Lipinski definition) is 0. The van der Waals surface area contributed by atoms with Crippen LogP contribution in [0.25, 0.3) is 0 Å². The molecule has 0 spiro atoms. The van der Waals surface area contributed by atoms with Gasteiger partial charge < -0.3 is 11.0 Å². The summed E-state index contributed by atoms with van der Waals surface area (Å²) >= 11 is 0. The van der Waals surface area contributed by atoms with Crippen molar-refractivity contribution in [2.45, 2.75) is 0 Å². The molecule has 0 amide bonds. The van der Waals surface area contributed by atoms with Gasteiger partial charge >= 0.3 is 51.2 Å². The summed E-state index contributed by atoms with van der Waals surface area (Å²) in [4.78, 5) is 0. The van der Waals surface area contributed by atoms with Gasteiger partial charge in [-0.25, -0.2) is 0 Å². The summed E-state index contributed by atoms with van der Waals surface area (Å²) in [6.45, 7) is 0. The molecule has 5 heavy (non-hydrogen) atoms. The summed E-state index contributed by atoms with van der Waals surface area (Å²) < 4.78 is 0. The molecule has 3 radical (unpaired) electrons. The number of rotatable bonds is 0. The molecule has 0 aromatic rings. The Bertz CT molecular complexity index is 4.85. The van der Waals surface area contributed by atoms with E-state index < -0.39 is 0 Å². The minimum atomic E-state index is 0. The van der Waals surface area contributed by atoms with Crippen LogP contribution in [0.1, 0.15) is 0 Å². The minimum Gasteiger partial charge on any atom is -2.00 e. The van der Waals surface area contributed by atoms with Crippen LogP contribution in [-0.2, 0) is 56.7 Å². The van der Waals surface area contributed by atoms with Gasteiger partial charge in [0, 0.05) is 0 Å². The van der Waals surface area contributed by atoms with Crippen molar-refractivity contribution < 1.29 is 62.2 Å². The molecular formula is HMn3O2+3. The van der Waals surface area contributed by atoms with E-state index in [1.165, 1.54) is 0 Å². The molecule has 0 aliphatic rings. The van der Waals surface area contributed by atoms with Crippen LogP contribution in [0.2, 0.25) is 0 Å². The molecule has 0 aromatic carbocycles. The first-order valence-corrected chi connectivity index (χ1v) is 0. The third-order valence-corrected chi connectivity index (χ3v) is 0. The molecule has 2 nitrogen and oxygen atoms in total. The fourth-order valence-electron chi connectivity index (χ4n) is 0. The first-order valence-electron chi connectivity index (χ1n) is 0. The summed E-state index contributed by atoms with van der Waals surface area (Å²) in [5.41, 5.74) is 0. The quantitative estimate of drug-likeness (QED) is 0.492. The maximum absolute atomic E-state index is 0. The second-order valence-corrected chi connectivity index (χ2v) is 0. The molecular weight excluding hydrogens is 197 g/mol. The van der Waals surface area contributed by atoms with Crippen LogP contribution in [0.5, 0.6) is 0 Å². The molecule has 0 aromatic heterocycles. The van der Waals surface area contributed by atoms with Gasteiger partial charge in [-0.15, -0.1) is 0 Å². The van der Waals surface area contributed by atoms with Crippen molar-refractivity contribution in [1.82, 2.24) is 0 Å². The second kappa shape index (κ2) is 50.3. The zero-order chi connectivity index (χ0) is 0. The predicted molar refractivity (Wildman–Crippen MR) is 2.62 cm³/mol. The van der Waals surface area contributed by atoms with E-state index in [0.29, 0.717) is 0 Å². The summed E-state index contributed by atoms with van der Waals surface area (Å²) in [5.74, 6) is 0. The van der Waals surface area contributed by atoms with Crippen molar-refractivity contribution in [3.8, 4) is 0 Å². The molecule has 0 aliphatic heterocycles. The second-order valence-electron chi connectivity index (χ2n) is 0. The molecule has 0 aliphatic carbocycles. The Morgan fingerprint density at radius 3 is 0.600 bits per heavy atom. The van der Waals surface area contributed by atoms with Crippen LogP contribution in [0.4, 0.5) is 0 Å². The van der Waals surface area contributed by atoms with E-state index in [4.69, 9.17) is 0 Å². The van der Waals surface area contributed by atoms with Crippen molar-refractivity contribution in [2.75, 3.05) is 0 Å². The SMILES string of the molecule is [Mn+2].[Mn+2].[Mn+2].[O-2].[OH-]. The zero-order valence-electron chi connectivity index (χ0n) is 1.99. The van der Waals surface area contributed by atoms with Gasteiger partial charge in [-0.05, 0) is 0 Å². The van der Waals surface area contributed by atoms with E-state index in [-0.39, 0.29) is 62.2 Å². The van der Waals surface area contributed by atoms with Gasteiger partial charge in [-0.2, -0.15) is 0 Å². The summed E-state index contributed by atoms with van der Waals surface area (Å²) in [6.07, 6.45) is 0. The molecule has 1 N–H and O–H groups in total. The molecule has 0 atom stereocenters.